The predicted octanol–water partition coefficient (Wildman–Crippen LogP) is 2.81. The summed E-state index contributed by atoms with van der Waals surface area (Å²) in [5.41, 5.74) is -0.0354. The maximum absolute atomic E-state index is 13.6. The Morgan fingerprint density at radius 1 is 1.28 bits per heavy atom. The summed E-state index contributed by atoms with van der Waals surface area (Å²) < 4.78 is 41.6. The van der Waals surface area contributed by atoms with Gasteiger partial charge >= 0.3 is 6.18 Å². The number of amides is 2. The predicted molar refractivity (Wildman–Crippen MR) is 96.9 cm³/mol. The van der Waals surface area contributed by atoms with Gasteiger partial charge in [0.25, 0.3) is 0 Å². The van der Waals surface area contributed by atoms with Gasteiger partial charge in [-0.25, -0.2) is 9.50 Å². The molecule has 0 radical (unpaired) electrons. The van der Waals surface area contributed by atoms with Gasteiger partial charge in [0.1, 0.15) is 11.7 Å². The minimum Gasteiger partial charge on any atom is -0.344 e. The molecule has 1 N–H and O–H groups in total. The van der Waals surface area contributed by atoms with Crippen LogP contribution in [0, 0.1) is 0 Å². The van der Waals surface area contributed by atoms with Crippen LogP contribution < -0.4 is 5.32 Å². The first kappa shape index (κ1) is 19.7. The summed E-state index contributed by atoms with van der Waals surface area (Å²) in [4.78, 5) is 30.2. The highest BCUT2D eigenvalue weighted by Crippen LogP contribution is 2.35. The fraction of sp³-hybridized carbons (Fsp3) is 0.579. The van der Waals surface area contributed by atoms with Crippen LogP contribution in [-0.4, -0.2) is 43.9 Å². The summed E-state index contributed by atoms with van der Waals surface area (Å²) in [7, 11) is 0. The van der Waals surface area contributed by atoms with Gasteiger partial charge in [-0.3, -0.25) is 9.59 Å². The average Bonchev–Trinajstić information content (AvgIpc) is 3.37. The van der Waals surface area contributed by atoms with E-state index in [0.717, 1.165) is 17.0 Å². The maximum atomic E-state index is 13.6. The van der Waals surface area contributed by atoms with Crippen LogP contribution in [0.25, 0.3) is 5.65 Å². The average molecular weight is 409 g/mol. The molecule has 2 aromatic rings. The van der Waals surface area contributed by atoms with Crippen LogP contribution in [0.15, 0.2) is 12.1 Å². The monoisotopic (exact) mass is 409 g/mol. The van der Waals surface area contributed by atoms with E-state index in [9.17, 15) is 22.8 Å². The fourth-order valence-electron chi connectivity index (χ4n) is 4.01. The number of halogens is 3. The summed E-state index contributed by atoms with van der Waals surface area (Å²) in [5.74, 6) is -0.538. The number of nitrogens with one attached hydrogen (secondary N) is 1. The van der Waals surface area contributed by atoms with Crippen LogP contribution in [0.3, 0.4) is 0 Å². The largest absolute Gasteiger partial charge is 0.433 e. The Kier molecular flexibility index (Phi) is 4.74. The number of hydrogen-bond donors (Lipinski definition) is 1. The number of carbonyl (C=O) groups excluding carboxylic acids is 2. The Balaban J connectivity index is 1.71. The molecule has 2 amide bonds. The molecule has 0 bridgehead atoms. The molecule has 2 saturated heterocycles. The summed E-state index contributed by atoms with van der Waals surface area (Å²) in [6.07, 6.45) is -2.51. The molecule has 156 valence electrons. The van der Waals surface area contributed by atoms with Gasteiger partial charge in [-0.15, -0.1) is 0 Å². The van der Waals surface area contributed by atoms with Gasteiger partial charge in [-0.05, 0) is 31.2 Å². The van der Waals surface area contributed by atoms with E-state index in [4.69, 9.17) is 0 Å². The molecule has 0 spiro atoms. The van der Waals surface area contributed by atoms with E-state index < -0.39 is 24.0 Å². The Morgan fingerprint density at radius 2 is 2.03 bits per heavy atom. The van der Waals surface area contributed by atoms with Gasteiger partial charge in [0, 0.05) is 24.7 Å². The van der Waals surface area contributed by atoms with E-state index >= 15 is 0 Å². The molecular formula is C19H22F3N5O2. The molecule has 2 atom stereocenters. The minimum atomic E-state index is -4.58. The van der Waals surface area contributed by atoms with Crippen LogP contribution >= 0.6 is 0 Å². The number of rotatable bonds is 3. The molecule has 4 rings (SSSR count). The highest BCUT2D eigenvalue weighted by atomic mass is 19.4. The van der Waals surface area contributed by atoms with Gasteiger partial charge in [0.15, 0.2) is 5.65 Å². The lowest BCUT2D eigenvalue weighted by Gasteiger charge is -2.26. The van der Waals surface area contributed by atoms with Crippen LogP contribution in [0.5, 0.6) is 0 Å². The number of carbonyl (C=O) groups is 2. The number of hydrogen-bond acceptors (Lipinski definition) is 4. The third kappa shape index (κ3) is 3.56. The SMILES string of the molecule is CC(C)c1cc(C(F)(F)F)n2nc([C@@H]3CCCN3C(=O)[C@H]3CCC(=O)N3)cc2n1. The third-order valence-corrected chi connectivity index (χ3v) is 5.52. The highest BCUT2D eigenvalue weighted by molar-refractivity contribution is 5.91. The third-order valence-electron chi connectivity index (χ3n) is 5.52. The number of aromatic nitrogens is 3. The van der Waals surface area contributed by atoms with Crippen molar-refractivity contribution in [2.75, 3.05) is 6.54 Å². The van der Waals surface area contributed by atoms with Gasteiger partial charge in [-0.1, -0.05) is 13.8 Å². The fourth-order valence-corrected chi connectivity index (χ4v) is 4.01. The number of nitrogens with zero attached hydrogens (tertiary/aromatic N) is 4. The Hall–Kier alpha value is -2.65. The van der Waals surface area contributed by atoms with Crippen molar-refractivity contribution in [2.24, 2.45) is 0 Å². The van der Waals surface area contributed by atoms with E-state index in [-0.39, 0.29) is 23.4 Å². The van der Waals surface area contributed by atoms with E-state index in [1.54, 1.807) is 18.7 Å². The summed E-state index contributed by atoms with van der Waals surface area (Å²) in [6, 6.07) is 1.56. The first-order valence-electron chi connectivity index (χ1n) is 9.73. The smallest absolute Gasteiger partial charge is 0.344 e. The number of likely N-dealkylation sites (tertiary alicyclic amines) is 1. The van der Waals surface area contributed by atoms with Crippen LogP contribution in [-0.2, 0) is 15.8 Å². The molecule has 10 heteroatoms. The van der Waals surface area contributed by atoms with Crippen LogP contribution in [0.4, 0.5) is 13.2 Å². The van der Waals surface area contributed by atoms with E-state index in [1.165, 1.54) is 6.07 Å². The molecule has 2 aromatic heterocycles. The zero-order valence-corrected chi connectivity index (χ0v) is 16.2. The molecule has 29 heavy (non-hydrogen) atoms. The molecule has 2 fully saturated rings. The Labute approximate surface area is 165 Å². The Morgan fingerprint density at radius 3 is 2.66 bits per heavy atom. The highest BCUT2D eigenvalue weighted by Gasteiger charge is 2.39. The van der Waals surface area contributed by atoms with Crippen LogP contribution in [0.2, 0.25) is 0 Å². The van der Waals surface area contributed by atoms with Crippen molar-refractivity contribution >= 4 is 17.5 Å². The molecule has 2 aliphatic rings. The van der Waals surface area contributed by atoms with Gasteiger partial charge in [-0.2, -0.15) is 18.3 Å². The first-order chi connectivity index (χ1) is 13.6. The Bertz CT molecular complexity index is 969. The molecule has 7 nitrogen and oxygen atoms in total. The minimum absolute atomic E-state index is 0.118. The van der Waals surface area contributed by atoms with Crippen molar-refractivity contribution < 1.29 is 22.8 Å². The standard InChI is InChI=1S/C19H22F3N5O2/c1-10(2)12-8-15(19(20,21)22)27-16(23-12)9-13(25-27)14-4-3-7-26(14)18(29)11-5-6-17(28)24-11/h8-11,14H,3-7H2,1-2H3,(H,24,28)/t11-,14+/m1/s1. The van der Waals surface area contributed by atoms with E-state index in [0.29, 0.717) is 37.2 Å². The van der Waals surface area contributed by atoms with Crippen molar-refractivity contribution in [2.45, 2.75) is 63.7 Å². The zero-order chi connectivity index (χ0) is 20.9. The van der Waals surface area contributed by atoms with Crippen molar-refractivity contribution in [3.05, 3.63) is 29.2 Å². The summed E-state index contributed by atoms with van der Waals surface area (Å²) >= 11 is 0. The lowest BCUT2D eigenvalue weighted by Crippen LogP contribution is -2.44. The summed E-state index contributed by atoms with van der Waals surface area (Å²) in [6.45, 7) is 4.05. The van der Waals surface area contributed by atoms with Gasteiger partial charge < -0.3 is 10.2 Å². The molecule has 2 aliphatic heterocycles. The van der Waals surface area contributed by atoms with Gasteiger partial charge in [0.05, 0.1) is 11.7 Å². The van der Waals surface area contributed by atoms with Gasteiger partial charge in [0.2, 0.25) is 11.8 Å². The second-order valence-electron chi connectivity index (χ2n) is 7.91. The number of fused-ring (bicyclic) bond motifs is 1. The molecular weight excluding hydrogens is 387 g/mol. The van der Waals surface area contributed by atoms with Crippen molar-refractivity contribution in [3.8, 4) is 0 Å². The second kappa shape index (κ2) is 7.00. The molecule has 0 saturated carbocycles. The van der Waals surface area contributed by atoms with Crippen molar-refractivity contribution in [3.63, 3.8) is 0 Å². The lowest BCUT2D eigenvalue weighted by atomic mass is 10.1. The van der Waals surface area contributed by atoms with E-state index in [2.05, 4.69) is 15.4 Å². The lowest BCUT2D eigenvalue weighted by molar-refractivity contribution is -0.143. The molecule has 0 aliphatic carbocycles. The molecule has 0 aromatic carbocycles. The molecule has 0 unspecified atom stereocenters. The van der Waals surface area contributed by atoms with Crippen LogP contribution in [0.1, 0.15) is 68.6 Å². The number of alkyl halides is 3. The zero-order valence-electron chi connectivity index (χ0n) is 16.2. The normalized spacial score (nSPS) is 22.7. The first-order valence-corrected chi connectivity index (χ1v) is 9.73. The van der Waals surface area contributed by atoms with Crippen molar-refractivity contribution in [1.82, 2.24) is 24.8 Å². The summed E-state index contributed by atoms with van der Waals surface area (Å²) in [5, 5.41) is 6.85. The van der Waals surface area contributed by atoms with Crippen molar-refractivity contribution in [1.29, 1.82) is 0 Å². The quantitative estimate of drug-likeness (QED) is 0.846. The topological polar surface area (TPSA) is 79.6 Å². The molecule has 4 heterocycles. The van der Waals surface area contributed by atoms with E-state index in [1.807, 2.05) is 0 Å². The second-order valence-corrected chi connectivity index (χ2v) is 7.91. The maximum Gasteiger partial charge on any atom is 0.433 e.